The van der Waals surface area contributed by atoms with Crippen molar-refractivity contribution in [2.24, 2.45) is 0 Å². The number of hydrogen-bond acceptors (Lipinski definition) is 6. The van der Waals surface area contributed by atoms with E-state index in [1.807, 2.05) is 25.7 Å². The second-order valence-corrected chi connectivity index (χ2v) is 6.21. The predicted molar refractivity (Wildman–Crippen MR) is 79.8 cm³/mol. The van der Waals surface area contributed by atoms with E-state index >= 15 is 0 Å². The van der Waals surface area contributed by atoms with E-state index < -0.39 is 5.60 Å². The summed E-state index contributed by atoms with van der Waals surface area (Å²) >= 11 is 0. The third-order valence-electron chi connectivity index (χ3n) is 3.35. The maximum Gasteiger partial charge on any atom is 0.410 e. The molecule has 1 aromatic rings. The molecule has 0 radical (unpaired) electrons. The monoisotopic (exact) mass is 303 g/mol. The highest BCUT2D eigenvalue weighted by molar-refractivity contribution is 5.68. The van der Waals surface area contributed by atoms with Crippen LogP contribution in [-0.2, 0) is 4.74 Å². The van der Waals surface area contributed by atoms with Crippen LogP contribution in [0.15, 0.2) is 18.7 Å². The van der Waals surface area contributed by atoms with Crippen molar-refractivity contribution in [1.29, 1.82) is 5.26 Å². The summed E-state index contributed by atoms with van der Waals surface area (Å²) in [6.45, 7) is 7.87. The maximum atomic E-state index is 12.0. The lowest BCUT2D eigenvalue weighted by atomic mass is 10.1. The predicted octanol–water partition coefficient (Wildman–Crippen LogP) is 1.59. The van der Waals surface area contributed by atoms with E-state index in [1.165, 1.54) is 6.33 Å². The van der Waals surface area contributed by atoms with Crippen LogP contribution in [0.25, 0.3) is 0 Å². The maximum absolute atomic E-state index is 12.0. The second-order valence-electron chi connectivity index (χ2n) is 6.21. The van der Waals surface area contributed by atoms with Gasteiger partial charge in [0.2, 0.25) is 0 Å². The van der Waals surface area contributed by atoms with Crippen LogP contribution in [0.4, 0.5) is 4.79 Å². The number of nitriles is 1. The number of hydrogen-bond donors (Lipinski definition) is 0. The van der Waals surface area contributed by atoms with Crippen LogP contribution >= 0.6 is 0 Å². The van der Waals surface area contributed by atoms with E-state index in [1.54, 1.807) is 17.3 Å². The van der Waals surface area contributed by atoms with Crippen molar-refractivity contribution in [3.05, 3.63) is 24.3 Å². The fourth-order valence-corrected chi connectivity index (χ4v) is 2.31. The molecule has 2 heterocycles. The lowest BCUT2D eigenvalue weighted by Gasteiger charge is -2.37. The van der Waals surface area contributed by atoms with Gasteiger partial charge in [0, 0.05) is 44.1 Å². The molecule has 1 fully saturated rings. The minimum Gasteiger partial charge on any atom is -0.444 e. The zero-order valence-electron chi connectivity index (χ0n) is 13.2. The normalized spacial score (nSPS) is 17.6. The van der Waals surface area contributed by atoms with Gasteiger partial charge in [-0.05, 0) is 20.8 Å². The molecule has 22 heavy (non-hydrogen) atoms. The van der Waals surface area contributed by atoms with Crippen molar-refractivity contribution in [3.63, 3.8) is 0 Å². The first-order valence-electron chi connectivity index (χ1n) is 7.27. The highest BCUT2D eigenvalue weighted by Gasteiger charge is 2.29. The average molecular weight is 303 g/mol. The Labute approximate surface area is 130 Å². The molecule has 1 saturated heterocycles. The van der Waals surface area contributed by atoms with Crippen LogP contribution in [0.2, 0.25) is 0 Å². The number of nitrogens with zero attached hydrogens (tertiary/aromatic N) is 5. The molecule has 7 nitrogen and oxygen atoms in total. The fourth-order valence-electron chi connectivity index (χ4n) is 2.31. The van der Waals surface area contributed by atoms with Crippen LogP contribution < -0.4 is 0 Å². The Morgan fingerprint density at radius 2 is 1.86 bits per heavy atom. The fraction of sp³-hybridized carbons (Fsp3) is 0.600. The van der Waals surface area contributed by atoms with Gasteiger partial charge in [0.1, 0.15) is 18.0 Å². The zero-order valence-corrected chi connectivity index (χ0v) is 13.2. The summed E-state index contributed by atoms with van der Waals surface area (Å²) in [6.07, 6.45) is 4.45. The SMILES string of the molecule is CC(C)(C)OC(=O)N1CCN(C(C#N)c2cncnc2)CC1. The first-order valence-corrected chi connectivity index (χ1v) is 7.27. The molecule has 1 unspecified atom stereocenters. The molecular weight excluding hydrogens is 282 g/mol. The molecule has 1 atom stereocenters. The molecule has 0 aliphatic carbocycles. The number of carbonyl (C=O) groups excluding carboxylic acids is 1. The highest BCUT2D eigenvalue weighted by Crippen LogP contribution is 2.21. The van der Waals surface area contributed by atoms with Gasteiger partial charge in [0.25, 0.3) is 0 Å². The summed E-state index contributed by atoms with van der Waals surface area (Å²) in [5.74, 6) is 0. The largest absolute Gasteiger partial charge is 0.444 e. The molecule has 2 rings (SSSR count). The van der Waals surface area contributed by atoms with E-state index in [2.05, 4.69) is 16.0 Å². The van der Waals surface area contributed by atoms with Gasteiger partial charge in [-0.2, -0.15) is 5.26 Å². The minimum atomic E-state index is -0.495. The van der Waals surface area contributed by atoms with E-state index in [-0.39, 0.29) is 12.1 Å². The Balaban J connectivity index is 1.94. The Hall–Kier alpha value is -2.20. The van der Waals surface area contributed by atoms with Gasteiger partial charge >= 0.3 is 6.09 Å². The van der Waals surface area contributed by atoms with Crippen molar-refractivity contribution in [2.45, 2.75) is 32.4 Å². The summed E-state index contributed by atoms with van der Waals surface area (Å²) in [7, 11) is 0. The molecular formula is C15H21N5O2. The van der Waals surface area contributed by atoms with Gasteiger partial charge in [0.15, 0.2) is 0 Å². The molecule has 1 amide bonds. The molecule has 7 heteroatoms. The Morgan fingerprint density at radius 3 is 2.36 bits per heavy atom. The molecule has 0 saturated carbocycles. The molecule has 1 aliphatic heterocycles. The van der Waals surface area contributed by atoms with E-state index in [0.29, 0.717) is 26.2 Å². The molecule has 0 N–H and O–H groups in total. The second kappa shape index (κ2) is 6.71. The average Bonchev–Trinajstić information content (AvgIpc) is 2.48. The Morgan fingerprint density at radius 1 is 1.27 bits per heavy atom. The van der Waals surface area contributed by atoms with Gasteiger partial charge < -0.3 is 9.64 Å². The van der Waals surface area contributed by atoms with Gasteiger partial charge in [0.05, 0.1) is 6.07 Å². The standard InChI is InChI=1S/C15H21N5O2/c1-15(2,3)22-14(21)20-6-4-19(5-7-20)13(8-16)12-9-17-11-18-10-12/h9-11,13H,4-7H2,1-3H3. The van der Waals surface area contributed by atoms with Crippen molar-refractivity contribution < 1.29 is 9.53 Å². The molecule has 1 aromatic heterocycles. The summed E-state index contributed by atoms with van der Waals surface area (Å²) in [5, 5.41) is 9.41. The smallest absolute Gasteiger partial charge is 0.410 e. The zero-order chi connectivity index (χ0) is 16.2. The van der Waals surface area contributed by atoms with Crippen molar-refractivity contribution in [3.8, 4) is 6.07 Å². The highest BCUT2D eigenvalue weighted by atomic mass is 16.6. The Bertz CT molecular complexity index is 541. The van der Waals surface area contributed by atoms with E-state index in [9.17, 15) is 10.1 Å². The van der Waals surface area contributed by atoms with Gasteiger partial charge in [-0.25, -0.2) is 14.8 Å². The van der Waals surface area contributed by atoms with Gasteiger partial charge in [-0.1, -0.05) is 0 Å². The first-order chi connectivity index (χ1) is 10.4. The van der Waals surface area contributed by atoms with Crippen LogP contribution in [0.5, 0.6) is 0 Å². The Kier molecular flexibility index (Phi) is 4.93. The molecule has 0 spiro atoms. The lowest BCUT2D eigenvalue weighted by Crippen LogP contribution is -2.50. The van der Waals surface area contributed by atoms with Gasteiger partial charge in [-0.3, -0.25) is 4.90 Å². The number of aromatic nitrogens is 2. The topological polar surface area (TPSA) is 82.4 Å². The summed E-state index contributed by atoms with van der Waals surface area (Å²) in [4.78, 5) is 23.7. The number of carbonyl (C=O) groups is 1. The number of amides is 1. The van der Waals surface area contributed by atoms with Crippen molar-refractivity contribution in [2.75, 3.05) is 26.2 Å². The quantitative estimate of drug-likeness (QED) is 0.825. The van der Waals surface area contributed by atoms with Crippen LogP contribution in [0.1, 0.15) is 32.4 Å². The van der Waals surface area contributed by atoms with Crippen molar-refractivity contribution >= 4 is 6.09 Å². The number of ether oxygens (including phenoxy) is 1. The number of piperazine rings is 1. The molecule has 1 aliphatic rings. The molecule has 0 bridgehead atoms. The van der Waals surface area contributed by atoms with E-state index in [4.69, 9.17) is 4.74 Å². The van der Waals surface area contributed by atoms with E-state index in [0.717, 1.165) is 5.56 Å². The third-order valence-corrected chi connectivity index (χ3v) is 3.35. The van der Waals surface area contributed by atoms with Crippen molar-refractivity contribution in [1.82, 2.24) is 19.8 Å². The van der Waals surface area contributed by atoms with Gasteiger partial charge in [-0.15, -0.1) is 0 Å². The van der Waals surface area contributed by atoms with Crippen LogP contribution in [-0.4, -0.2) is 57.6 Å². The summed E-state index contributed by atoms with van der Waals surface area (Å²) < 4.78 is 5.37. The molecule has 118 valence electrons. The number of rotatable bonds is 2. The molecule has 0 aromatic carbocycles. The van der Waals surface area contributed by atoms with Crippen LogP contribution in [0, 0.1) is 11.3 Å². The summed E-state index contributed by atoms with van der Waals surface area (Å²) in [5.41, 5.74) is 0.279. The minimum absolute atomic E-state index is 0.302. The third kappa shape index (κ3) is 4.15. The van der Waals surface area contributed by atoms with Crippen LogP contribution in [0.3, 0.4) is 0 Å². The lowest BCUT2D eigenvalue weighted by molar-refractivity contribution is 0.0124. The first kappa shape index (κ1) is 16.2. The summed E-state index contributed by atoms with van der Waals surface area (Å²) in [6, 6.07) is 1.89.